The van der Waals surface area contributed by atoms with E-state index in [1.54, 1.807) is 11.8 Å². The molecule has 1 aromatic rings. The SMILES string of the molecule is CC(CNC(=O)CSCCCN)c1ccccc1. The number of rotatable bonds is 8. The quantitative estimate of drug-likeness (QED) is 0.708. The summed E-state index contributed by atoms with van der Waals surface area (Å²) in [7, 11) is 0. The van der Waals surface area contributed by atoms with Gasteiger partial charge in [0.05, 0.1) is 5.75 Å². The maximum absolute atomic E-state index is 11.6. The van der Waals surface area contributed by atoms with Crippen LogP contribution in [0.5, 0.6) is 0 Å². The van der Waals surface area contributed by atoms with Crippen LogP contribution in [0.25, 0.3) is 0 Å². The van der Waals surface area contributed by atoms with Crippen molar-refractivity contribution >= 4 is 17.7 Å². The molecule has 1 aromatic carbocycles. The summed E-state index contributed by atoms with van der Waals surface area (Å²) in [6, 6.07) is 10.2. The van der Waals surface area contributed by atoms with Gasteiger partial charge < -0.3 is 11.1 Å². The molecule has 3 nitrogen and oxygen atoms in total. The molecule has 0 aliphatic heterocycles. The minimum atomic E-state index is 0.111. The van der Waals surface area contributed by atoms with E-state index in [4.69, 9.17) is 5.73 Å². The van der Waals surface area contributed by atoms with Crippen molar-refractivity contribution in [3.8, 4) is 0 Å². The van der Waals surface area contributed by atoms with Crippen molar-refractivity contribution in [1.82, 2.24) is 5.32 Å². The van der Waals surface area contributed by atoms with E-state index in [1.165, 1.54) is 5.56 Å². The molecule has 100 valence electrons. The normalized spacial score (nSPS) is 12.1. The number of nitrogens with one attached hydrogen (secondary N) is 1. The van der Waals surface area contributed by atoms with E-state index >= 15 is 0 Å². The first-order valence-electron chi connectivity index (χ1n) is 6.33. The Labute approximate surface area is 114 Å². The van der Waals surface area contributed by atoms with E-state index in [-0.39, 0.29) is 5.91 Å². The molecular weight excluding hydrogens is 244 g/mol. The van der Waals surface area contributed by atoms with Crippen LogP contribution in [0.2, 0.25) is 0 Å². The van der Waals surface area contributed by atoms with Crippen LogP contribution in [0.15, 0.2) is 30.3 Å². The van der Waals surface area contributed by atoms with Gasteiger partial charge in [0.25, 0.3) is 0 Å². The summed E-state index contributed by atoms with van der Waals surface area (Å²) in [4.78, 5) is 11.6. The lowest BCUT2D eigenvalue weighted by atomic mass is 10.0. The van der Waals surface area contributed by atoms with E-state index in [0.29, 0.717) is 24.8 Å². The third-order valence-corrected chi connectivity index (χ3v) is 3.74. The Morgan fingerprint density at radius 1 is 1.39 bits per heavy atom. The number of nitrogens with two attached hydrogens (primary N) is 1. The highest BCUT2D eigenvalue weighted by atomic mass is 32.2. The molecule has 0 saturated carbocycles. The number of hydrogen-bond acceptors (Lipinski definition) is 3. The summed E-state index contributed by atoms with van der Waals surface area (Å²) in [5.41, 5.74) is 6.65. The average Bonchev–Trinajstić information content (AvgIpc) is 2.42. The Hall–Kier alpha value is -1.00. The van der Waals surface area contributed by atoms with Gasteiger partial charge in [0.1, 0.15) is 0 Å². The van der Waals surface area contributed by atoms with Crippen molar-refractivity contribution in [2.24, 2.45) is 5.73 Å². The predicted molar refractivity (Wildman–Crippen MR) is 78.9 cm³/mol. The highest BCUT2D eigenvalue weighted by molar-refractivity contribution is 7.99. The zero-order chi connectivity index (χ0) is 13.2. The molecule has 0 spiro atoms. The molecular formula is C14H22N2OS. The van der Waals surface area contributed by atoms with Gasteiger partial charge in [-0.3, -0.25) is 4.79 Å². The maximum Gasteiger partial charge on any atom is 0.230 e. The van der Waals surface area contributed by atoms with E-state index in [0.717, 1.165) is 12.2 Å². The molecule has 0 bridgehead atoms. The fourth-order valence-electron chi connectivity index (χ4n) is 1.57. The Kier molecular flexibility index (Phi) is 7.53. The van der Waals surface area contributed by atoms with E-state index in [2.05, 4.69) is 24.4 Å². The molecule has 0 radical (unpaired) electrons. The molecule has 18 heavy (non-hydrogen) atoms. The second kappa shape index (κ2) is 9.00. The van der Waals surface area contributed by atoms with Gasteiger partial charge in [0, 0.05) is 6.54 Å². The van der Waals surface area contributed by atoms with Crippen LogP contribution < -0.4 is 11.1 Å². The van der Waals surface area contributed by atoms with Crippen molar-refractivity contribution in [2.75, 3.05) is 24.6 Å². The smallest absolute Gasteiger partial charge is 0.230 e. The van der Waals surface area contributed by atoms with Crippen LogP contribution in [-0.2, 0) is 4.79 Å². The lowest BCUT2D eigenvalue weighted by Gasteiger charge is -2.12. The minimum absolute atomic E-state index is 0.111. The molecule has 0 aliphatic rings. The summed E-state index contributed by atoms with van der Waals surface area (Å²) < 4.78 is 0. The molecule has 0 heterocycles. The van der Waals surface area contributed by atoms with Gasteiger partial charge in [-0.2, -0.15) is 11.8 Å². The van der Waals surface area contributed by atoms with Crippen LogP contribution in [0.3, 0.4) is 0 Å². The van der Waals surface area contributed by atoms with Crippen LogP contribution in [0, 0.1) is 0 Å². The lowest BCUT2D eigenvalue weighted by Crippen LogP contribution is -2.29. The van der Waals surface area contributed by atoms with Crippen molar-refractivity contribution in [2.45, 2.75) is 19.3 Å². The van der Waals surface area contributed by atoms with E-state index in [1.807, 2.05) is 18.2 Å². The van der Waals surface area contributed by atoms with Gasteiger partial charge in [0.2, 0.25) is 5.91 Å². The van der Waals surface area contributed by atoms with Gasteiger partial charge in [-0.1, -0.05) is 37.3 Å². The summed E-state index contributed by atoms with van der Waals surface area (Å²) in [5.74, 6) is 1.95. The maximum atomic E-state index is 11.6. The Morgan fingerprint density at radius 2 is 2.11 bits per heavy atom. The lowest BCUT2D eigenvalue weighted by molar-refractivity contribution is -0.118. The fraction of sp³-hybridized carbons (Fsp3) is 0.500. The topological polar surface area (TPSA) is 55.1 Å². The average molecular weight is 266 g/mol. The molecule has 1 amide bonds. The monoisotopic (exact) mass is 266 g/mol. The Balaban J connectivity index is 2.18. The minimum Gasteiger partial charge on any atom is -0.355 e. The van der Waals surface area contributed by atoms with Crippen LogP contribution >= 0.6 is 11.8 Å². The zero-order valence-corrected chi connectivity index (χ0v) is 11.7. The predicted octanol–water partition coefficient (Wildman–Crippen LogP) is 1.99. The molecule has 0 aromatic heterocycles. The number of thioether (sulfide) groups is 1. The highest BCUT2D eigenvalue weighted by Gasteiger charge is 2.07. The second-order valence-electron chi connectivity index (χ2n) is 4.31. The number of amides is 1. The molecule has 0 aliphatic carbocycles. The zero-order valence-electron chi connectivity index (χ0n) is 10.9. The fourth-order valence-corrected chi connectivity index (χ4v) is 2.37. The largest absolute Gasteiger partial charge is 0.355 e. The summed E-state index contributed by atoms with van der Waals surface area (Å²) in [6.45, 7) is 3.51. The van der Waals surface area contributed by atoms with Gasteiger partial charge in [-0.25, -0.2) is 0 Å². The number of carbonyl (C=O) groups excluding carboxylic acids is 1. The third-order valence-electron chi connectivity index (χ3n) is 2.70. The van der Waals surface area contributed by atoms with E-state index < -0.39 is 0 Å². The van der Waals surface area contributed by atoms with Crippen LogP contribution in [-0.4, -0.2) is 30.5 Å². The first kappa shape index (κ1) is 15.1. The molecule has 1 unspecified atom stereocenters. The summed E-state index contributed by atoms with van der Waals surface area (Å²) in [6.07, 6.45) is 0.971. The Bertz CT molecular complexity index is 343. The van der Waals surface area contributed by atoms with Crippen molar-refractivity contribution < 1.29 is 4.79 Å². The first-order chi connectivity index (χ1) is 8.74. The first-order valence-corrected chi connectivity index (χ1v) is 7.49. The van der Waals surface area contributed by atoms with Crippen LogP contribution in [0.4, 0.5) is 0 Å². The number of benzene rings is 1. The standard InChI is InChI=1S/C14H22N2OS/c1-12(13-6-3-2-4-7-13)10-16-14(17)11-18-9-5-8-15/h2-4,6-7,12H,5,8-11,15H2,1H3,(H,16,17). The van der Waals surface area contributed by atoms with Crippen molar-refractivity contribution in [3.63, 3.8) is 0 Å². The third kappa shape index (κ3) is 6.07. The Morgan fingerprint density at radius 3 is 2.78 bits per heavy atom. The second-order valence-corrected chi connectivity index (χ2v) is 5.42. The van der Waals surface area contributed by atoms with Gasteiger partial charge >= 0.3 is 0 Å². The molecule has 0 saturated heterocycles. The molecule has 1 rings (SSSR count). The van der Waals surface area contributed by atoms with Crippen molar-refractivity contribution in [3.05, 3.63) is 35.9 Å². The molecule has 4 heteroatoms. The highest BCUT2D eigenvalue weighted by Crippen LogP contribution is 2.13. The summed E-state index contributed by atoms with van der Waals surface area (Å²) in [5, 5.41) is 2.97. The summed E-state index contributed by atoms with van der Waals surface area (Å²) >= 11 is 1.64. The van der Waals surface area contributed by atoms with Crippen LogP contribution in [0.1, 0.15) is 24.8 Å². The molecule has 0 fully saturated rings. The van der Waals surface area contributed by atoms with Gasteiger partial charge in [-0.15, -0.1) is 0 Å². The molecule has 3 N–H and O–H groups in total. The van der Waals surface area contributed by atoms with Crippen molar-refractivity contribution in [1.29, 1.82) is 0 Å². The van der Waals surface area contributed by atoms with Gasteiger partial charge in [0.15, 0.2) is 0 Å². The molecule has 1 atom stereocenters. The van der Waals surface area contributed by atoms with E-state index in [9.17, 15) is 4.79 Å². The number of carbonyl (C=O) groups is 1. The number of hydrogen-bond donors (Lipinski definition) is 2. The van der Waals surface area contributed by atoms with Gasteiger partial charge in [-0.05, 0) is 30.2 Å².